The van der Waals surface area contributed by atoms with Crippen molar-refractivity contribution < 1.29 is 27.3 Å². The minimum absolute atomic E-state index is 0.386. The Morgan fingerprint density at radius 2 is 1.86 bits per heavy atom. The first-order valence-electron chi connectivity index (χ1n) is 5.63. The summed E-state index contributed by atoms with van der Waals surface area (Å²) >= 11 is 6.24. The second-order valence-corrected chi connectivity index (χ2v) is 9.00. The van der Waals surface area contributed by atoms with Gasteiger partial charge >= 0.3 is 5.97 Å². The number of rotatable bonds is 6. The minimum Gasteiger partial charge on any atom is -0.463 e. The Bertz CT molecular complexity index is 691. The van der Waals surface area contributed by atoms with Crippen molar-refractivity contribution in [3.63, 3.8) is 0 Å². The van der Waals surface area contributed by atoms with E-state index < -0.39 is 34.4 Å². The number of hydrogen-bond acceptors (Lipinski definition) is 5. The molecule has 0 radical (unpaired) electrons. The second-order valence-electron chi connectivity index (χ2n) is 3.94. The van der Waals surface area contributed by atoms with Gasteiger partial charge in [-0.3, -0.25) is 14.1 Å². The van der Waals surface area contributed by atoms with Gasteiger partial charge in [0, 0.05) is 10.7 Å². The van der Waals surface area contributed by atoms with Gasteiger partial charge in [0.05, 0.1) is 5.56 Å². The molecule has 2 N–H and O–H groups in total. The number of amides is 1. The van der Waals surface area contributed by atoms with Crippen LogP contribution in [0.5, 0.6) is 0 Å². The molecule has 0 bridgehead atoms. The Morgan fingerprint density at radius 1 is 1.23 bits per heavy atom. The van der Waals surface area contributed by atoms with Crippen LogP contribution < -0.4 is 5.32 Å². The molecule has 0 fully saturated rings. The lowest BCUT2D eigenvalue weighted by Crippen LogP contribution is -2.32. The highest BCUT2D eigenvalue weighted by molar-refractivity contribution is 14.1. The summed E-state index contributed by atoms with van der Waals surface area (Å²) in [5.41, 5.74) is 0.447. The average molecular weight is 665 g/mol. The number of ether oxygens (including phenoxy) is 1. The van der Waals surface area contributed by atoms with Crippen molar-refractivity contribution in [1.82, 2.24) is 5.32 Å². The molecule has 1 amide bonds. The SMILES string of the molecule is O=C(CNC(=O)c1cc(I)cc(I)c1I)OCCS(=O)(=O)O. The van der Waals surface area contributed by atoms with Crippen molar-refractivity contribution in [2.24, 2.45) is 0 Å². The maximum atomic E-state index is 12.0. The quantitative estimate of drug-likeness (QED) is 0.207. The third-order valence-electron chi connectivity index (χ3n) is 2.24. The number of esters is 1. The zero-order valence-corrected chi connectivity index (χ0v) is 18.1. The van der Waals surface area contributed by atoms with Crippen LogP contribution in [-0.2, 0) is 19.6 Å². The molecule has 0 unspecified atom stereocenters. The fourth-order valence-electron chi connectivity index (χ4n) is 1.28. The maximum Gasteiger partial charge on any atom is 0.325 e. The van der Waals surface area contributed by atoms with Crippen LogP contribution in [-0.4, -0.2) is 43.8 Å². The molecule has 0 aromatic heterocycles. The zero-order valence-electron chi connectivity index (χ0n) is 10.8. The smallest absolute Gasteiger partial charge is 0.325 e. The molecule has 0 aliphatic heterocycles. The van der Waals surface area contributed by atoms with Crippen LogP contribution in [0.1, 0.15) is 10.4 Å². The van der Waals surface area contributed by atoms with E-state index in [1.54, 1.807) is 6.07 Å². The molecule has 11 heteroatoms. The van der Waals surface area contributed by atoms with Crippen molar-refractivity contribution in [2.75, 3.05) is 18.9 Å². The molecule has 122 valence electrons. The molecule has 1 aromatic rings. The summed E-state index contributed by atoms with van der Waals surface area (Å²) in [6, 6.07) is 3.62. The zero-order chi connectivity index (χ0) is 16.9. The predicted octanol–water partition coefficient (Wildman–Crippen LogP) is 1.66. The van der Waals surface area contributed by atoms with Crippen molar-refractivity contribution >= 4 is 89.8 Å². The monoisotopic (exact) mass is 665 g/mol. The molecular formula is C11H10I3NO6S. The summed E-state index contributed by atoms with van der Waals surface area (Å²) in [6.45, 7) is -0.853. The summed E-state index contributed by atoms with van der Waals surface area (Å²) < 4.78 is 36.6. The first kappa shape index (κ1) is 20.3. The lowest BCUT2D eigenvalue weighted by molar-refractivity contribution is -0.141. The van der Waals surface area contributed by atoms with Crippen LogP contribution in [0.25, 0.3) is 0 Å². The van der Waals surface area contributed by atoms with E-state index in [9.17, 15) is 18.0 Å². The van der Waals surface area contributed by atoms with Gasteiger partial charge in [0.15, 0.2) is 0 Å². The molecular weight excluding hydrogens is 655 g/mol. The van der Waals surface area contributed by atoms with E-state index in [0.29, 0.717) is 5.56 Å². The molecule has 0 atom stereocenters. The highest BCUT2D eigenvalue weighted by Crippen LogP contribution is 2.22. The molecule has 7 nitrogen and oxygen atoms in total. The topological polar surface area (TPSA) is 110 Å². The Morgan fingerprint density at radius 3 is 2.45 bits per heavy atom. The van der Waals surface area contributed by atoms with E-state index in [-0.39, 0.29) is 6.54 Å². The summed E-state index contributed by atoms with van der Waals surface area (Å²) in [5, 5.41) is 2.40. The van der Waals surface area contributed by atoms with Gasteiger partial charge in [0.1, 0.15) is 18.9 Å². The van der Waals surface area contributed by atoms with Crippen LogP contribution >= 0.6 is 67.8 Å². The van der Waals surface area contributed by atoms with Crippen molar-refractivity contribution in [3.8, 4) is 0 Å². The number of nitrogens with one attached hydrogen (secondary N) is 1. The van der Waals surface area contributed by atoms with E-state index in [2.05, 4.69) is 55.2 Å². The third kappa shape index (κ3) is 7.22. The Hall–Kier alpha value is 0.260. The van der Waals surface area contributed by atoms with Gasteiger partial charge in [-0.1, -0.05) is 0 Å². The number of carbonyl (C=O) groups excluding carboxylic acids is 2. The molecule has 1 aromatic carbocycles. The van der Waals surface area contributed by atoms with Gasteiger partial charge in [-0.2, -0.15) is 8.42 Å². The molecule has 0 saturated carbocycles. The van der Waals surface area contributed by atoms with Gasteiger partial charge in [-0.25, -0.2) is 0 Å². The van der Waals surface area contributed by atoms with Crippen LogP contribution in [0.4, 0.5) is 0 Å². The number of halogens is 3. The summed E-state index contributed by atoms with van der Waals surface area (Å²) in [5.74, 6) is -1.89. The first-order valence-corrected chi connectivity index (χ1v) is 10.5. The van der Waals surface area contributed by atoms with E-state index in [1.165, 1.54) is 0 Å². The van der Waals surface area contributed by atoms with Crippen LogP contribution in [0.3, 0.4) is 0 Å². The second kappa shape index (κ2) is 8.93. The van der Waals surface area contributed by atoms with E-state index in [0.717, 1.165) is 10.7 Å². The summed E-state index contributed by atoms with van der Waals surface area (Å²) in [4.78, 5) is 23.4. The van der Waals surface area contributed by atoms with Crippen molar-refractivity contribution in [1.29, 1.82) is 0 Å². The van der Waals surface area contributed by atoms with Gasteiger partial charge in [-0.05, 0) is 79.9 Å². The molecule has 1 rings (SSSR count). The molecule has 0 heterocycles. The molecule has 22 heavy (non-hydrogen) atoms. The standard InChI is InChI=1S/C11H10I3NO6S/c12-6-3-7(10(14)8(13)4-6)11(17)15-5-9(16)21-1-2-22(18,19)20/h3-4H,1-2,5H2,(H,15,17)(H,18,19,20). The number of benzene rings is 1. The van der Waals surface area contributed by atoms with Crippen molar-refractivity contribution in [3.05, 3.63) is 28.4 Å². The fourth-order valence-corrected chi connectivity index (χ4v) is 3.98. The van der Waals surface area contributed by atoms with Gasteiger partial charge in [0.25, 0.3) is 16.0 Å². The minimum atomic E-state index is -4.18. The van der Waals surface area contributed by atoms with Gasteiger partial charge in [0.2, 0.25) is 0 Å². The summed E-state index contributed by atoms with van der Waals surface area (Å²) in [7, 11) is -4.18. The summed E-state index contributed by atoms with van der Waals surface area (Å²) in [6.07, 6.45) is 0. The Labute approximate surface area is 168 Å². The number of hydrogen-bond donors (Lipinski definition) is 2. The highest BCUT2D eigenvalue weighted by Gasteiger charge is 2.15. The molecule has 0 spiro atoms. The maximum absolute atomic E-state index is 12.0. The van der Waals surface area contributed by atoms with E-state index in [4.69, 9.17) is 4.55 Å². The largest absolute Gasteiger partial charge is 0.463 e. The van der Waals surface area contributed by atoms with Crippen molar-refractivity contribution in [2.45, 2.75) is 0 Å². The Kier molecular flexibility index (Phi) is 8.24. The van der Waals surface area contributed by atoms with Gasteiger partial charge in [-0.15, -0.1) is 0 Å². The van der Waals surface area contributed by atoms with E-state index >= 15 is 0 Å². The van der Waals surface area contributed by atoms with Gasteiger partial charge < -0.3 is 10.1 Å². The molecule has 0 aliphatic carbocycles. The normalized spacial score (nSPS) is 11.1. The fraction of sp³-hybridized carbons (Fsp3) is 0.273. The lowest BCUT2D eigenvalue weighted by atomic mass is 10.2. The average Bonchev–Trinajstić information content (AvgIpc) is 2.38. The lowest BCUT2D eigenvalue weighted by Gasteiger charge is -2.09. The van der Waals surface area contributed by atoms with Crippen LogP contribution in [0, 0.1) is 10.7 Å². The first-order chi connectivity index (χ1) is 10.1. The predicted molar refractivity (Wildman–Crippen MR) is 104 cm³/mol. The molecule has 0 aliphatic rings. The number of carbonyl (C=O) groups is 2. The van der Waals surface area contributed by atoms with Crippen LogP contribution in [0.15, 0.2) is 12.1 Å². The highest BCUT2D eigenvalue weighted by atomic mass is 127. The Balaban J connectivity index is 2.55. The van der Waals surface area contributed by atoms with Crippen LogP contribution in [0.2, 0.25) is 0 Å². The molecule has 0 saturated heterocycles. The van der Waals surface area contributed by atoms with E-state index in [1.807, 2.05) is 28.7 Å². The third-order valence-corrected chi connectivity index (χ3v) is 6.59.